The monoisotopic (exact) mass is 186 g/mol. The number of likely N-dealkylation sites (N-methyl/N-ethyl adjacent to an activating group) is 1. The van der Waals surface area contributed by atoms with Gasteiger partial charge in [0, 0.05) is 13.1 Å². The number of nitrogens with zero attached hydrogens (tertiary/aromatic N) is 1. The van der Waals surface area contributed by atoms with Crippen molar-refractivity contribution in [3.63, 3.8) is 0 Å². The fourth-order valence-electron chi connectivity index (χ4n) is 0.965. The lowest BCUT2D eigenvalue weighted by atomic mass is 10.3. The molecule has 0 spiro atoms. The summed E-state index contributed by atoms with van der Waals surface area (Å²) in [4.78, 5) is 13.1. The third-order valence-corrected chi connectivity index (χ3v) is 1.83. The van der Waals surface area contributed by atoms with Crippen LogP contribution in [0.4, 0.5) is 0 Å². The van der Waals surface area contributed by atoms with E-state index in [1.807, 2.05) is 0 Å². The van der Waals surface area contributed by atoms with Crippen molar-refractivity contribution in [2.75, 3.05) is 26.7 Å². The third-order valence-electron chi connectivity index (χ3n) is 1.83. The molecule has 0 aliphatic heterocycles. The summed E-state index contributed by atoms with van der Waals surface area (Å²) in [5, 5.41) is 11.6. The van der Waals surface area contributed by atoms with E-state index in [9.17, 15) is 4.79 Å². The number of hydrogen-bond donors (Lipinski definition) is 2. The summed E-state index contributed by atoms with van der Waals surface area (Å²) < 4.78 is 0. The van der Waals surface area contributed by atoms with Gasteiger partial charge in [-0.05, 0) is 14.0 Å². The lowest BCUT2D eigenvalue weighted by Gasteiger charge is -2.23. The minimum absolute atomic E-state index is 0.0172. The van der Waals surface area contributed by atoms with Crippen molar-refractivity contribution >= 4 is 5.91 Å². The Hall–Kier alpha value is -0.870. The first-order valence-corrected chi connectivity index (χ1v) is 4.35. The second-order valence-electron chi connectivity index (χ2n) is 2.81. The number of nitrogens with one attached hydrogen (secondary N) is 1. The highest BCUT2D eigenvalue weighted by molar-refractivity contribution is 5.81. The molecule has 0 aromatic carbocycles. The Morgan fingerprint density at radius 3 is 2.77 bits per heavy atom. The minimum Gasteiger partial charge on any atom is -0.395 e. The molecule has 0 radical (unpaired) electrons. The van der Waals surface area contributed by atoms with Gasteiger partial charge in [0.15, 0.2) is 0 Å². The summed E-state index contributed by atoms with van der Waals surface area (Å²) in [5.74, 6) is -0.0172. The van der Waals surface area contributed by atoms with Crippen LogP contribution in [0, 0.1) is 0 Å². The molecule has 0 saturated heterocycles. The van der Waals surface area contributed by atoms with Gasteiger partial charge in [-0.15, -0.1) is 6.58 Å². The van der Waals surface area contributed by atoms with Crippen LogP contribution in [0.5, 0.6) is 0 Å². The van der Waals surface area contributed by atoms with Crippen molar-refractivity contribution in [1.29, 1.82) is 0 Å². The lowest BCUT2D eigenvalue weighted by molar-refractivity contribution is -0.132. The van der Waals surface area contributed by atoms with Crippen molar-refractivity contribution in [1.82, 2.24) is 10.2 Å². The first-order chi connectivity index (χ1) is 6.17. The van der Waals surface area contributed by atoms with Crippen LogP contribution in [-0.2, 0) is 4.79 Å². The fraction of sp³-hybridized carbons (Fsp3) is 0.667. The van der Waals surface area contributed by atoms with Crippen LogP contribution < -0.4 is 5.32 Å². The maximum atomic E-state index is 11.6. The van der Waals surface area contributed by atoms with Crippen molar-refractivity contribution in [3.8, 4) is 0 Å². The largest absolute Gasteiger partial charge is 0.395 e. The van der Waals surface area contributed by atoms with Gasteiger partial charge in [0.2, 0.25) is 5.91 Å². The zero-order valence-corrected chi connectivity index (χ0v) is 8.29. The summed E-state index contributed by atoms with van der Waals surface area (Å²) in [6.07, 6.45) is 1.65. The molecule has 0 aromatic heterocycles. The molecule has 1 atom stereocenters. The summed E-state index contributed by atoms with van der Waals surface area (Å²) in [7, 11) is 1.73. The van der Waals surface area contributed by atoms with E-state index in [2.05, 4.69) is 11.9 Å². The topological polar surface area (TPSA) is 52.6 Å². The van der Waals surface area contributed by atoms with Crippen molar-refractivity contribution in [2.45, 2.75) is 13.0 Å². The fourth-order valence-corrected chi connectivity index (χ4v) is 0.965. The maximum absolute atomic E-state index is 11.6. The molecular weight excluding hydrogens is 168 g/mol. The van der Waals surface area contributed by atoms with Gasteiger partial charge in [-0.2, -0.15) is 0 Å². The summed E-state index contributed by atoms with van der Waals surface area (Å²) in [5.41, 5.74) is 0. The van der Waals surface area contributed by atoms with E-state index in [1.165, 1.54) is 0 Å². The Morgan fingerprint density at radius 2 is 2.38 bits per heavy atom. The van der Waals surface area contributed by atoms with Crippen LogP contribution in [0.2, 0.25) is 0 Å². The number of rotatable bonds is 6. The van der Waals surface area contributed by atoms with Gasteiger partial charge in [0.25, 0.3) is 0 Å². The molecule has 0 saturated carbocycles. The van der Waals surface area contributed by atoms with E-state index in [1.54, 1.807) is 24.9 Å². The first kappa shape index (κ1) is 12.1. The molecule has 2 N–H and O–H groups in total. The van der Waals surface area contributed by atoms with Crippen molar-refractivity contribution < 1.29 is 9.90 Å². The summed E-state index contributed by atoms with van der Waals surface area (Å²) in [6.45, 7) is 6.16. The van der Waals surface area contributed by atoms with Crippen LogP contribution in [0.15, 0.2) is 12.7 Å². The zero-order chi connectivity index (χ0) is 10.3. The van der Waals surface area contributed by atoms with E-state index in [4.69, 9.17) is 5.11 Å². The third kappa shape index (κ3) is 4.05. The quantitative estimate of drug-likeness (QED) is 0.555. The number of amides is 1. The average molecular weight is 186 g/mol. The molecule has 76 valence electrons. The zero-order valence-electron chi connectivity index (χ0n) is 8.29. The van der Waals surface area contributed by atoms with Gasteiger partial charge in [0.05, 0.1) is 12.6 Å². The van der Waals surface area contributed by atoms with E-state index < -0.39 is 0 Å². The second-order valence-corrected chi connectivity index (χ2v) is 2.81. The molecule has 13 heavy (non-hydrogen) atoms. The number of aliphatic hydroxyl groups is 1. The van der Waals surface area contributed by atoms with Crippen LogP contribution in [0.3, 0.4) is 0 Å². The molecule has 0 rings (SSSR count). The van der Waals surface area contributed by atoms with Crippen molar-refractivity contribution in [3.05, 3.63) is 12.7 Å². The van der Waals surface area contributed by atoms with E-state index >= 15 is 0 Å². The molecular formula is C9H18N2O2. The Morgan fingerprint density at radius 1 is 1.77 bits per heavy atom. The Kier molecular flexibility index (Phi) is 6.18. The van der Waals surface area contributed by atoms with Crippen LogP contribution >= 0.6 is 0 Å². The molecule has 1 amide bonds. The van der Waals surface area contributed by atoms with Gasteiger partial charge < -0.3 is 15.3 Å². The van der Waals surface area contributed by atoms with Crippen LogP contribution in [-0.4, -0.2) is 48.7 Å². The predicted molar refractivity (Wildman–Crippen MR) is 52.4 cm³/mol. The normalized spacial score (nSPS) is 12.2. The first-order valence-electron chi connectivity index (χ1n) is 4.35. The Balaban J connectivity index is 4.17. The summed E-state index contributed by atoms with van der Waals surface area (Å²) >= 11 is 0. The highest BCUT2D eigenvalue weighted by atomic mass is 16.3. The molecule has 0 heterocycles. The van der Waals surface area contributed by atoms with E-state index in [0.29, 0.717) is 13.1 Å². The van der Waals surface area contributed by atoms with Gasteiger partial charge in [-0.25, -0.2) is 0 Å². The Labute approximate surface area is 79.2 Å². The molecule has 1 unspecified atom stereocenters. The minimum atomic E-state index is -0.216. The molecule has 0 aliphatic rings. The number of hydrogen-bond acceptors (Lipinski definition) is 3. The molecule has 4 heteroatoms. The van der Waals surface area contributed by atoms with Gasteiger partial charge in [0.1, 0.15) is 0 Å². The molecule has 4 nitrogen and oxygen atoms in total. The lowest BCUT2D eigenvalue weighted by Crippen LogP contribution is -2.44. The van der Waals surface area contributed by atoms with E-state index in [-0.39, 0.29) is 18.6 Å². The molecule has 0 aromatic rings. The smallest absolute Gasteiger partial charge is 0.239 e. The standard InChI is InChI=1S/C9H18N2O2/c1-4-5-11(6-7-12)9(13)8(2)10-3/h4,8,10,12H,1,5-7H2,2-3H3. The molecule has 0 aliphatic carbocycles. The average Bonchev–Trinajstić information content (AvgIpc) is 2.15. The van der Waals surface area contributed by atoms with Crippen LogP contribution in [0.1, 0.15) is 6.92 Å². The van der Waals surface area contributed by atoms with E-state index in [0.717, 1.165) is 0 Å². The van der Waals surface area contributed by atoms with Crippen molar-refractivity contribution in [2.24, 2.45) is 0 Å². The van der Waals surface area contributed by atoms with Gasteiger partial charge in [-0.1, -0.05) is 6.08 Å². The molecule has 0 bridgehead atoms. The summed E-state index contributed by atoms with van der Waals surface area (Å²) in [6, 6.07) is -0.216. The highest BCUT2D eigenvalue weighted by Gasteiger charge is 2.16. The number of carbonyl (C=O) groups is 1. The van der Waals surface area contributed by atoms with Gasteiger partial charge >= 0.3 is 0 Å². The number of aliphatic hydroxyl groups excluding tert-OH is 1. The van der Waals surface area contributed by atoms with Crippen LogP contribution in [0.25, 0.3) is 0 Å². The Bertz CT molecular complexity index is 171. The second kappa shape index (κ2) is 6.62. The highest BCUT2D eigenvalue weighted by Crippen LogP contribution is 1.94. The van der Waals surface area contributed by atoms with Gasteiger partial charge in [-0.3, -0.25) is 4.79 Å². The number of carbonyl (C=O) groups excluding carboxylic acids is 1. The predicted octanol–water partition coefficient (Wildman–Crippen LogP) is -0.399. The maximum Gasteiger partial charge on any atom is 0.239 e. The molecule has 0 fully saturated rings. The SMILES string of the molecule is C=CCN(CCO)C(=O)C(C)NC.